The highest BCUT2D eigenvalue weighted by Crippen LogP contribution is 2.19. The van der Waals surface area contributed by atoms with Gasteiger partial charge in [0.1, 0.15) is 0 Å². The molecule has 1 aliphatic heterocycles. The zero-order valence-corrected chi connectivity index (χ0v) is 14.8. The van der Waals surface area contributed by atoms with Crippen LogP contribution < -0.4 is 10.6 Å². The molecule has 0 saturated carbocycles. The topological polar surface area (TPSA) is 83.0 Å². The van der Waals surface area contributed by atoms with E-state index in [1.165, 1.54) is 6.26 Å². The molecule has 1 fully saturated rings. The molecule has 7 nitrogen and oxygen atoms in total. The van der Waals surface area contributed by atoms with E-state index in [0.717, 1.165) is 38.4 Å². The molecule has 22 heavy (non-hydrogen) atoms. The number of aliphatic imine (C=N–C) groups is 1. The summed E-state index contributed by atoms with van der Waals surface area (Å²) in [5, 5.41) is 6.44. The molecule has 0 amide bonds. The molecule has 2 N–H and O–H groups in total. The van der Waals surface area contributed by atoms with Gasteiger partial charge >= 0.3 is 0 Å². The average molecular weight is 334 g/mol. The molecule has 0 bridgehead atoms. The Morgan fingerprint density at radius 3 is 2.50 bits per heavy atom. The molecule has 1 rings (SSSR count). The quantitative estimate of drug-likeness (QED) is 0.378. The van der Waals surface area contributed by atoms with Crippen LogP contribution in [0.2, 0.25) is 0 Å². The zero-order chi connectivity index (χ0) is 16.4. The summed E-state index contributed by atoms with van der Waals surface area (Å²) in [7, 11) is -3.05. The summed E-state index contributed by atoms with van der Waals surface area (Å²) in [6.07, 6.45) is 3.01. The first-order valence-corrected chi connectivity index (χ1v) is 9.87. The number of nitrogens with zero attached hydrogens (tertiary/aromatic N) is 2. The van der Waals surface area contributed by atoms with Crippen LogP contribution in [-0.2, 0) is 14.8 Å². The molecular formula is C14H30N4O3S. The fourth-order valence-electron chi connectivity index (χ4n) is 2.37. The lowest BCUT2D eigenvalue weighted by Gasteiger charge is -2.29. The molecule has 1 aliphatic rings. The smallest absolute Gasteiger partial charge is 0.211 e. The van der Waals surface area contributed by atoms with Crippen molar-refractivity contribution in [1.82, 2.24) is 14.9 Å². The number of guanidine groups is 1. The largest absolute Gasteiger partial charge is 0.380 e. The van der Waals surface area contributed by atoms with Gasteiger partial charge < -0.3 is 15.4 Å². The highest BCUT2D eigenvalue weighted by Gasteiger charge is 2.24. The van der Waals surface area contributed by atoms with Crippen LogP contribution in [0.15, 0.2) is 4.99 Å². The van der Waals surface area contributed by atoms with Gasteiger partial charge in [-0.05, 0) is 32.6 Å². The van der Waals surface area contributed by atoms with Gasteiger partial charge in [0.25, 0.3) is 0 Å². The van der Waals surface area contributed by atoms with E-state index in [0.29, 0.717) is 32.2 Å². The fraction of sp³-hybridized carbons (Fsp3) is 0.929. The molecule has 8 heteroatoms. The van der Waals surface area contributed by atoms with Crippen molar-refractivity contribution >= 4 is 16.0 Å². The van der Waals surface area contributed by atoms with E-state index < -0.39 is 10.0 Å². The zero-order valence-electron chi connectivity index (χ0n) is 14.0. The Kier molecular flexibility index (Phi) is 8.74. The molecule has 0 unspecified atom stereocenters. The van der Waals surface area contributed by atoms with Gasteiger partial charge in [-0.3, -0.25) is 4.99 Å². The summed E-state index contributed by atoms with van der Waals surface area (Å²) < 4.78 is 29.8. The Hall–Kier alpha value is -0.860. The van der Waals surface area contributed by atoms with Gasteiger partial charge in [-0.2, -0.15) is 0 Å². The minimum atomic E-state index is -3.05. The summed E-state index contributed by atoms with van der Waals surface area (Å²) in [4.78, 5) is 4.59. The van der Waals surface area contributed by atoms with E-state index in [4.69, 9.17) is 4.74 Å². The second kappa shape index (κ2) is 10.0. The third-order valence-electron chi connectivity index (χ3n) is 3.64. The van der Waals surface area contributed by atoms with E-state index >= 15 is 0 Å². The van der Waals surface area contributed by atoms with Gasteiger partial charge in [-0.1, -0.05) is 0 Å². The summed E-state index contributed by atoms with van der Waals surface area (Å²) in [6.45, 7) is 8.86. The maximum atomic E-state index is 11.5. The van der Waals surface area contributed by atoms with Crippen molar-refractivity contribution in [3.63, 3.8) is 0 Å². The molecule has 1 saturated heterocycles. The first-order valence-electron chi connectivity index (χ1n) is 8.02. The predicted molar refractivity (Wildman–Crippen MR) is 89.6 cm³/mol. The minimum absolute atomic E-state index is 0.445. The number of nitrogens with one attached hydrogen (secondary N) is 2. The van der Waals surface area contributed by atoms with Crippen molar-refractivity contribution in [3.8, 4) is 0 Å². The lowest BCUT2D eigenvalue weighted by molar-refractivity contribution is 0.152. The van der Waals surface area contributed by atoms with Gasteiger partial charge in [0, 0.05) is 39.3 Å². The van der Waals surface area contributed by atoms with E-state index in [9.17, 15) is 8.42 Å². The number of ether oxygens (including phenoxy) is 1. The fourth-order valence-corrected chi connectivity index (χ4v) is 3.25. The van der Waals surface area contributed by atoms with Crippen LogP contribution in [0.25, 0.3) is 0 Å². The molecule has 0 spiro atoms. The van der Waals surface area contributed by atoms with E-state index in [2.05, 4.69) is 15.6 Å². The molecule has 130 valence electrons. The summed E-state index contributed by atoms with van der Waals surface area (Å²) in [6, 6.07) is 0. The molecule has 0 radical (unpaired) electrons. The van der Waals surface area contributed by atoms with Gasteiger partial charge in [-0.15, -0.1) is 0 Å². The Labute approximate surface area is 134 Å². The van der Waals surface area contributed by atoms with Gasteiger partial charge in [0.05, 0.1) is 12.9 Å². The van der Waals surface area contributed by atoms with Crippen molar-refractivity contribution in [1.29, 1.82) is 0 Å². The lowest BCUT2D eigenvalue weighted by Crippen LogP contribution is -2.40. The Balaban J connectivity index is 2.37. The lowest BCUT2D eigenvalue weighted by atomic mass is 9.98. The molecule has 0 aliphatic carbocycles. The first-order chi connectivity index (χ1) is 10.5. The van der Waals surface area contributed by atoms with E-state index in [1.54, 1.807) is 4.31 Å². The Morgan fingerprint density at radius 2 is 1.95 bits per heavy atom. The molecule has 1 heterocycles. The van der Waals surface area contributed by atoms with Crippen LogP contribution in [0.3, 0.4) is 0 Å². The van der Waals surface area contributed by atoms with Crippen molar-refractivity contribution in [2.45, 2.75) is 26.7 Å². The van der Waals surface area contributed by atoms with Crippen molar-refractivity contribution in [3.05, 3.63) is 0 Å². The second-order valence-electron chi connectivity index (χ2n) is 5.45. The SMILES string of the molecule is CCNC(=NCC1CCN(S(C)(=O)=O)CC1)NCCOCC. The molecule has 0 aromatic rings. The Bertz CT molecular complexity index is 431. The maximum Gasteiger partial charge on any atom is 0.211 e. The highest BCUT2D eigenvalue weighted by molar-refractivity contribution is 7.88. The summed E-state index contributed by atoms with van der Waals surface area (Å²) in [5.41, 5.74) is 0. The molecule has 0 atom stereocenters. The first kappa shape index (κ1) is 19.2. The molecule has 0 aromatic carbocycles. The van der Waals surface area contributed by atoms with Crippen molar-refractivity contribution in [2.75, 3.05) is 52.2 Å². The molecule has 0 aromatic heterocycles. The Morgan fingerprint density at radius 1 is 1.27 bits per heavy atom. The number of hydrogen-bond acceptors (Lipinski definition) is 4. The average Bonchev–Trinajstić information content (AvgIpc) is 2.48. The normalized spacial score (nSPS) is 18.4. The molecular weight excluding hydrogens is 304 g/mol. The van der Waals surface area contributed by atoms with Crippen LogP contribution in [0.4, 0.5) is 0 Å². The maximum absolute atomic E-state index is 11.5. The highest BCUT2D eigenvalue weighted by atomic mass is 32.2. The second-order valence-corrected chi connectivity index (χ2v) is 7.43. The van der Waals surface area contributed by atoms with Crippen molar-refractivity contribution < 1.29 is 13.2 Å². The minimum Gasteiger partial charge on any atom is -0.380 e. The van der Waals surface area contributed by atoms with Gasteiger partial charge in [0.15, 0.2) is 5.96 Å². The number of sulfonamides is 1. The number of piperidine rings is 1. The third kappa shape index (κ3) is 7.42. The summed E-state index contributed by atoms with van der Waals surface area (Å²) in [5.74, 6) is 1.24. The predicted octanol–water partition coefficient (Wildman–Crippen LogP) is 0.250. The van der Waals surface area contributed by atoms with Crippen LogP contribution in [-0.4, -0.2) is 70.9 Å². The van der Waals surface area contributed by atoms with Crippen LogP contribution in [0.5, 0.6) is 0 Å². The van der Waals surface area contributed by atoms with Crippen LogP contribution in [0.1, 0.15) is 26.7 Å². The van der Waals surface area contributed by atoms with Crippen LogP contribution >= 0.6 is 0 Å². The van der Waals surface area contributed by atoms with E-state index in [-0.39, 0.29) is 0 Å². The van der Waals surface area contributed by atoms with Gasteiger partial charge in [-0.25, -0.2) is 12.7 Å². The van der Waals surface area contributed by atoms with Gasteiger partial charge in [0.2, 0.25) is 10.0 Å². The third-order valence-corrected chi connectivity index (χ3v) is 4.94. The monoisotopic (exact) mass is 334 g/mol. The number of hydrogen-bond donors (Lipinski definition) is 2. The number of rotatable bonds is 8. The van der Waals surface area contributed by atoms with Crippen molar-refractivity contribution in [2.24, 2.45) is 10.9 Å². The summed E-state index contributed by atoms with van der Waals surface area (Å²) >= 11 is 0. The van der Waals surface area contributed by atoms with Crippen LogP contribution in [0, 0.1) is 5.92 Å². The standard InChI is InChI=1S/C14H30N4O3S/c1-4-15-14(16-8-11-21-5-2)17-12-13-6-9-18(10-7-13)22(3,19)20/h13H,4-12H2,1-3H3,(H2,15,16,17). The van der Waals surface area contributed by atoms with E-state index in [1.807, 2.05) is 13.8 Å².